The minimum absolute atomic E-state index is 0.322. The number of rotatable bonds is 5. The number of alkyl carbamates (subject to hydrolysis) is 1. The largest absolute Gasteiger partial charge is 0.444 e. The van der Waals surface area contributed by atoms with Gasteiger partial charge in [-0.1, -0.05) is 6.92 Å². The second kappa shape index (κ2) is 6.98. The van der Waals surface area contributed by atoms with Gasteiger partial charge in [0.05, 0.1) is 0 Å². The zero-order valence-electron chi connectivity index (χ0n) is 12.2. The molecule has 1 rings (SSSR count). The lowest BCUT2D eigenvalue weighted by molar-refractivity contribution is 0.0527. The van der Waals surface area contributed by atoms with E-state index in [1.54, 1.807) is 0 Å². The van der Waals surface area contributed by atoms with Crippen molar-refractivity contribution in [3.63, 3.8) is 0 Å². The molecule has 2 N–H and O–H groups in total. The molecule has 0 aromatic heterocycles. The van der Waals surface area contributed by atoms with Gasteiger partial charge in [-0.05, 0) is 58.9 Å². The Balaban J connectivity index is 1.97. The maximum absolute atomic E-state index is 11.4. The summed E-state index contributed by atoms with van der Waals surface area (Å²) < 4.78 is 5.16. The zero-order chi connectivity index (χ0) is 13.6. The van der Waals surface area contributed by atoms with Gasteiger partial charge in [-0.2, -0.15) is 0 Å². The van der Waals surface area contributed by atoms with E-state index in [0.29, 0.717) is 12.6 Å². The number of carbonyl (C=O) groups excluding carboxylic acids is 1. The topological polar surface area (TPSA) is 50.4 Å². The summed E-state index contributed by atoms with van der Waals surface area (Å²) in [7, 11) is 0. The van der Waals surface area contributed by atoms with Crippen molar-refractivity contribution in [2.24, 2.45) is 5.92 Å². The molecule has 1 saturated carbocycles. The van der Waals surface area contributed by atoms with Crippen LogP contribution in [0.1, 0.15) is 53.4 Å². The molecule has 1 aliphatic carbocycles. The van der Waals surface area contributed by atoms with Crippen LogP contribution in [0.25, 0.3) is 0 Å². The van der Waals surface area contributed by atoms with Crippen LogP contribution >= 0.6 is 0 Å². The predicted molar refractivity (Wildman–Crippen MR) is 73.7 cm³/mol. The summed E-state index contributed by atoms with van der Waals surface area (Å²) in [6.07, 6.45) is 4.55. The molecule has 0 aromatic carbocycles. The quantitative estimate of drug-likeness (QED) is 0.744. The first-order valence-corrected chi connectivity index (χ1v) is 7.07. The smallest absolute Gasteiger partial charge is 0.407 e. The molecule has 0 heterocycles. The van der Waals surface area contributed by atoms with E-state index < -0.39 is 5.60 Å². The molecule has 1 amide bonds. The Morgan fingerprint density at radius 2 is 2.00 bits per heavy atom. The number of hydrogen-bond acceptors (Lipinski definition) is 3. The third kappa shape index (κ3) is 6.84. The lowest BCUT2D eigenvalue weighted by Crippen LogP contribution is -2.35. The van der Waals surface area contributed by atoms with Crippen molar-refractivity contribution < 1.29 is 9.53 Å². The van der Waals surface area contributed by atoms with Crippen LogP contribution in [0.5, 0.6) is 0 Å². The number of hydrogen-bond donors (Lipinski definition) is 2. The van der Waals surface area contributed by atoms with Crippen LogP contribution in [0.15, 0.2) is 0 Å². The highest BCUT2D eigenvalue weighted by molar-refractivity contribution is 5.67. The monoisotopic (exact) mass is 256 g/mol. The molecular weight excluding hydrogens is 228 g/mol. The van der Waals surface area contributed by atoms with E-state index >= 15 is 0 Å². The van der Waals surface area contributed by atoms with E-state index in [0.717, 1.165) is 18.9 Å². The third-order valence-corrected chi connectivity index (χ3v) is 3.15. The molecule has 2 atom stereocenters. The van der Waals surface area contributed by atoms with Crippen molar-refractivity contribution in [1.82, 2.24) is 10.6 Å². The minimum atomic E-state index is -0.414. The molecule has 18 heavy (non-hydrogen) atoms. The van der Waals surface area contributed by atoms with Gasteiger partial charge in [-0.25, -0.2) is 4.79 Å². The first kappa shape index (κ1) is 15.3. The summed E-state index contributed by atoms with van der Waals surface area (Å²) in [5, 5.41) is 6.31. The van der Waals surface area contributed by atoms with Crippen molar-refractivity contribution >= 4 is 6.09 Å². The molecule has 1 aliphatic rings. The van der Waals surface area contributed by atoms with Gasteiger partial charge in [0.1, 0.15) is 5.60 Å². The fourth-order valence-electron chi connectivity index (χ4n) is 2.29. The summed E-state index contributed by atoms with van der Waals surface area (Å²) >= 11 is 0. The average molecular weight is 256 g/mol. The number of ether oxygens (including phenoxy) is 1. The first-order chi connectivity index (χ1) is 8.37. The van der Waals surface area contributed by atoms with Gasteiger partial charge in [-0.15, -0.1) is 0 Å². The molecular formula is C14H28N2O2. The van der Waals surface area contributed by atoms with Crippen LogP contribution in [0, 0.1) is 5.92 Å². The molecule has 0 aliphatic heterocycles. The van der Waals surface area contributed by atoms with Gasteiger partial charge < -0.3 is 15.4 Å². The Morgan fingerprint density at radius 1 is 1.28 bits per heavy atom. The summed E-state index contributed by atoms with van der Waals surface area (Å²) in [6.45, 7) is 9.56. The van der Waals surface area contributed by atoms with Gasteiger partial charge in [0.15, 0.2) is 0 Å². The lowest BCUT2D eigenvalue weighted by atomic mass is 10.1. The van der Waals surface area contributed by atoms with Crippen molar-refractivity contribution in [1.29, 1.82) is 0 Å². The summed E-state index contributed by atoms with van der Waals surface area (Å²) in [4.78, 5) is 11.4. The fraction of sp³-hybridized carbons (Fsp3) is 0.929. The molecule has 106 valence electrons. The molecule has 0 saturated heterocycles. The highest BCUT2D eigenvalue weighted by Gasteiger charge is 2.20. The van der Waals surface area contributed by atoms with Crippen LogP contribution < -0.4 is 10.6 Å². The Kier molecular flexibility index (Phi) is 5.93. The Morgan fingerprint density at radius 3 is 2.56 bits per heavy atom. The summed E-state index contributed by atoms with van der Waals surface area (Å²) in [6, 6.07) is 0.682. The minimum Gasteiger partial charge on any atom is -0.444 e. The Bertz CT molecular complexity index is 261. The Labute approximate surface area is 111 Å². The van der Waals surface area contributed by atoms with E-state index in [-0.39, 0.29) is 6.09 Å². The predicted octanol–water partition coefficient (Wildman–Crippen LogP) is 2.68. The highest BCUT2D eigenvalue weighted by atomic mass is 16.6. The molecule has 2 unspecified atom stereocenters. The van der Waals surface area contributed by atoms with Crippen molar-refractivity contribution in [2.75, 3.05) is 13.1 Å². The molecule has 0 bridgehead atoms. The van der Waals surface area contributed by atoms with E-state index in [4.69, 9.17) is 4.74 Å². The number of amides is 1. The van der Waals surface area contributed by atoms with Crippen LogP contribution in [-0.4, -0.2) is 30.8 Å². The van der Waals surface area contributed by atoms with Crippen molar-refractivity contribution in [2.45, 2.75) is 65.0 Å². The van der Waals surface area contributed by atoms with Crippen molar-refractivity contribution in [3.8, 4) is 0 Å². The maximum atomic E-state index is 11.4. The summed E-state index contributed by atoms with van der Waals surface area (Å²) in [5.74, 6) is 0.863. The molecule has 0 radical (unpaired) electrons. The highest BCUT2D eigenvalue weighted by Crippen LogP contribution is 2.24. The first-order valence-electron chi connectivity index (χ1n) is 7.07. The lowest BCUT2D eigenvalue weighted by Gasteiger charge is -2.19. The van der Waals surface area contributed by atoms with Crippen LogP contribution in [-0.2, 0) is 4.74 Å². The van der Waals surface area contributed by atoms with Crippen LogP contribution in [0.3, 0.4) is 0 Å². The van der Waals surface area contributed by atoms with Gasteiger partial charge >= 0.3 is 6.09 Å². The SMILES string of the molecule is CC1CCC(NCCCNC(=O)OC(C)(C)C)C1. The number of carbonyl (C=O) groups is 1. The van der Waals surface area contributed by atoms with E-state index in [9.17, 15) is 4.79 Å². The summed E-state index contributed by atoms with van der Waals surface area (Å²) in [5.41, 5.74) is -0.414. The molecule has 1 fully saturated rings. The molecule has 0 spiro atoms. The molecule has 4 heteroatoms. The standard InChI is InChI=1S/C14H28N2O2/c1-11-6-7-12(10-11)15-8-5-9-16-13(17)18-14(2,3)4/h11-12,15H,5-10H2,1-4H3,(H,16,17). The van der Waals surface area contributed by atoms with Gasteiger partial charge in [-0.3, -0.25) is 0 Å². The number of nitrogens with one attached hydrogen (secondary N) is 2. The molecule has 0 aromatic rings. The van der Waals surface area contributed by atoms with E-state index in [1.807, 2.05) is 20.8 Å². The third-order valence-electron chi connectivity index (χ3n) is 3.15. The van der Waals surface area contributed by atoms with Crippen LogP contribution in [0.2, 0.25) is 0 Å². The molecule has 4 nitrogen and oxygen atoms in total. The normalized spacial score (nSPS) is 24.0. The van der Waals surface area contributed by atoms with Crippen LogP contribution in [0.4, 0.5) is 4.79 Å². The second-order valence-electron chi connectivity index (χ2n) is 6.35. The van der Waals surface area contributed by atoms with Gasteiger partial charge in [0, 0.05) is 12.6 Å². The van der Waals surface area contributed by atoms with E-state index in [1.165, 1.54) is 19.3 Å². The fourth-order valence-corrected chi connectivity index (χ4v) is 2.29. The average Bonchev–Trinajstić information content (AvgIpc) is 2.61. The van der Waals surface area contributed by atoms with Gasteiger partial charge in [0.2, 0.25) is 0 Å². The second-order valence-corrected chi connectivity index (χ2v) is 6.35. The Hall–Kier alpha value is -0.770. The van der Waals surface area contributed by atoms with Crippen molar-refractivity contribution in [3.05, 3.63) is 0 Å². The zero-order valence-corrected chi connectivity index (χ0v) is 12.2. The maximum Gasteiger partial charge on any atom is 0.407 e. The van der Waals surface area contributed by atoms with Gasteiger partial charge in [0.25, 0.3) is 0 Å². The van der Waals surface area contributed by atoms with E-state index in [2.05, 4.69) is 17.6 Å².